The molecule has 0 unspecified atom stereocenters. The van der Waals surface area contributed by atoms with Crippen LogP contribution in [0.5, 0.6) is 0 Å². The summed E-state index contributed by atoms with van der Waals surface area (Å²) < 4.78 is 0.714. The molecule has 0 aliphatic carbocycles. The van der Waals surface area contributed by atoms with Gasteiger partial charge in [0.25, 0.3) is 5.91 Å². The predicted octanol–water partition coefficient (Wildman–Crippen LogP) is 4.04. The average Bonchev–Trinajstić information content (AvgIpc) is 2.62. The molecule has 7 heteroatoms. The third-order valence-electron chi connectivity index (χ3n) is 4.45. The maximum Gasteiger partial charge on any atom is 0.257 e. The number of ketones is 1. The van der Waals surface area contributed by atoms with Crippen LogP contribution >= 0.6 is 28.3 Å². The fourth-order valence-electron chi connectivity index (χ4n) is 2.95. The van der Waals surface area contributed by atoms with Gasteiger partial charge in [-0.05, 0) is 73.2 Å². The Morgan fingerprint density at radius 1 is 1.12 bits per heavy atom. The van der Waals surface area contributed by atoms with Crippen LogP contribution in [0.4, 0.5) is 5.82 Å². The van der Waals surface area contributed by atoms with Gasteiger partial charge in [-0.2, -0.15) is 0 Å². The van der Waals surface area contributed by atoms with Crippen molar-refractivity contribution < 1.29 is 9.59 Å². The zero-order chi connectivity index (χ0) is 17.8. The highest BCUT2D eigenvalue weighted by Crippen LogP contribution is 2.21. The van der Waals surface area contributed by atoms with E-state index in [9.17, 15) is 9.59 Å². The molecule has 0 bridgehead atoms. The van der Waals surface area contributed by atoms with E-state index in [0.717, 1.165) is 25.9 Å². The molecule has 2 heterocycles. The number of nitrogens with zero attached hydrogens (tertiary/aromatic N) is 2. The van der Waals surface area contributed by atoms with Gasteiger partial charge in [-0.15, -0.1) is 12.4 Å². The summed E-state index contributed by atoms with van der Waals surface area (Å²) in [6.07, 6.45) is 1.70. The zero-order valence-corrected chi connectivity index (χ0v) is 16.8. The number of hydrogen-bond acceptors (Lipinski definition) is 4. The number of piperidine rings is 1. The van der Waals surface area contributed by atoms with Crippen molar-refractivity contribution in [2.45, 2.75) is 12.8 Å². The lowest BCUT2D eigenvalue weighted by atomic mass is 9.91. The number of pyridine rings is 1. The zero-order valence-electron chi connectivity index (χ0n) is 14.4. The van der Waals surface area contributed by atoms with Crippen LogP contribution in [0.3, 0.4) is 0 Å². The summed E-state index contributed by atoms with van der Waals surface area (Å²) in [5.74, 6) is 0.200. The molecule has 1 aliphatic rings. The van der Waals surface area contributed by atoms with E-state index in [4.69, 9.17) is 0 Å². The van der Waals surface area contributed by atoms with Gasteiger partial charge in [0.1, 0.15) is 11.5 Å². The summed E-state index contributed by atoms with van der Waals surface area (Å²) >= 11 is 3.37. The minimum Gasteiger partial charge on any atom is -0.307 e. The molecule has 26 heavy (non-hydrogen) atoms. The van der Waals surface area contributed by atoms with Gasteiger partial charge in [-0.1, -0.05) is 18.2 Å². The molecule has 5 nitrogen and oxygen atoms in total. The van der Waals surface area contributed by atoms with E-state index < -0.39 is 0 Å². The van der Waals surface area contributed by atoms with E-state index in [1.165, 1.54) is 0 Å². The van der Waals surface area contributed by atoms with Crippen LogP contribution in [0.1, 0.15) is 33.7 Å². The van der Waals surface area contributed by atoms with Crippen LogP contribution < -0.4 is 5.32 Å². The highest BCUT2D eigenvalue weighted by Gasteiger charge is 2.25. The van der Waals surface area contributed by atoms with E-state index >= 15 is 0 Å². The second-order valence-electron chi connectivity index (χ2n) is 6.28. The van der Waals surface area contributed by atoms with Gasteiger partial charge < -0.3 is 10.2 Å². The Kier molecular flexibility index (Phi) is 7.32. The quantitative estimate of drug-likeness (QED) is 0.732. The van der Waals surface area contributed by atoms with E-state index in [-0.39, 0.29) is 30.0 Å². The number of nitrogens with one attached hydrogen (secondary N) is 1. The second-order valence-corrected chi connectivity index (χ2v) is 7.14. The molecular formula is C19H21BrClN3O2. The normalized spacial score (nSPS) is 15.2. The summed E-state index contributed by atoms with van der Waals surface area (Å²) in [6, 6.07) is 12.3. The third kappa shape index (κ3) is 4.90. The minimum absolute atomic E-state index is 0. The lowest BCUT2D eigenvalue weighted by Gasteiger charge is -2.27. The maximum absolute atomic E-state index is 12.7. The van der Waals surface area contributed by atoms with Crippen molar-refractivity contribution in [2.24, 2.45) is 5.92 Å². The summed E-state index contributed by atoms with van der Waals surface area (Å²) in [6.45, 7) is 1.85. The van der Waals surface area contributed by atoms with Crippen LogP contribution in [-0.4, -0.2) is 41.7 Å². The number of halogens is 2. The Balaban J connectivity index is 0.00000243. The number of hydrogen-bond donors (Lipinski definition) is 1. The predicted molar refractivity (Wildman–Crippen MR) is 108 cm³/mol. The minimum atomic E-state index is -0.260. The van der Waals surface area contributed by atoms with Crippen LogP contribution in [0.2, 0.25) is 0 Å². The molecule has 0 radical (unpaired) electrons. The molecule has 1 aromatic heterocycles. The Hall–Kier alpha value is -1.76. The van der Waals surface area contributed by atoms with Crippen molar-refractivity contribution >= 4 is 45.8 Å². The Morgan fingerprint density at radius 3 is 2.50 bits per heavy atom. The number of amides is 1. The fraction of sp³-hybridized carbons (Fsp3) is 0.316. The number of likely N-dealkylation sites (tertiary alicyclic amines) is 1. The van der Waals surface area contributed by atoms with Crippen LogP contribution in [0, 0.1) is 5.92 Å². The molecule has 3 rings (SSSR count). The summed E-state index contributed by atoms with van der Waals surface area (Å²) in [5.41, 5.74) is 0.941. The van der Waals surface area contributed by atoms with E-state index in [0.29, 0.717) is 21.5 Å². The number of anilines is 1. The number of Topliss-reactive ketones (excluding diaryl/α,β-unsaturated/α-hetero) is 1. The first-order valence-corrected chi connectivity index (χ1v) is 9.09. The average molecular weight is 439 g/mol. The molecule has 138 valence electrons. The molecule has 1 aromatic carbocycles. The van der Waals surface area contributed by atoms with Gasteiger partial charge in [0.15, 0.2) is 5.78 Å². The summed E-state index contributed by atoms with van der Waals surface area (Å²) in [5, 5.41) is 2.76. The van der Waals surface area contributed by atoms with Gasteiger partial charge >= 0.3 is 0 Å². The fourth-order valence-corrected chi connectivity index (χ4v) is 3.42. The number of rotatable bonds is 4. The van der Waals surface area contributed by atoms with Crippen molar-refractivity contribution in [1.82, 2.24) is 9.88 Å². The van der Waals surface area contributed by atoms with Crippen molar-refractivity contribution in [3.8, 4) is 0 Å². The van der Waals surface area contributed by atoms with E-state index in [1.807, 2.05) is 12.1 Å². The first-order valence-electron chi connectivity index (χ1n) is 8.30. The topological polar surface area (TPSA) is 62.3 Å². The standard InChI is InChI=1S/C19H20BrN3O2.ClH/c1-23-11-9-13(10-12-23)18(24)16-7-4-8-17(21-16)22-19(25)14-5-2-3-6-15(14)20;/h2-8,13H,9-12H2,1H3,(H,21,22,25);1H. The smallest absolute Gasteiger partial charge is 0.257 e. The van der Waals surface area contributed by atoms with Gasteiger partial charge in [0, 0.05) is 10.4 Å². The maximum atomic E-state index is 12.7. The monoisotopic (exact) mass is 437 g/mol. The van der Waals surface area contributed by atoms with Gasteiger partial charge in [-0.3, -0.25) is 9.59 Å². The molecule has 1 N–H and O–H groups in total. The SMILES string of the molecule is CN1CCC(C(=O)c2cccc(NC(=O)c3ccccc3Br)n2)CC1.Cl. The van der Waals surface area contributed by atoms with Crippen molar-refractivity contribution in [3.63, 3.8) is 0 Å². The molecule has 1 aliphatic heterocycles. The molecule has 0 spiro atoms. The van der Waals surface area contributed by atoms with Crippen molar-refractivity contribution in [1.29, 1.82) is 0 Å². The molecule has 1 amide bonds. The second kappa shape index (κ2) is 9.26. The number of benzene rings is 1. The van der Waals surface area contributed by atoms with Crippen LogP contribution in [-0.2, 0) is 0 Å². The Morgan fingerprint density at radius 2 is 1.81 bits per heavy atom. The molecule has 1 fully saturated rings. The largest absolute Gasteiger partial charge is 0.307 e. The highest BCUT2D eigenvalue weighted by atomic mass is 79.9. The van der Waals surface area contributed by atoms with Gasteiger partial charge in [-0.25, -0.2) is 4.98 Å². The van der Waals surface area contributed by atoms with Crippen molar-refractivity contribution in [3.05, 3.63) is 58.2 Å². The highest BCUT2D eigenvalue weighted by molar-refractivity contribution is 9.10. The number of aromatic nitrogens is 1. The lowest BCUT2D eigenvalue weighted by molar-refractivity contribution is 0.0851. The van der Waals surface area contributed by atoms with Gasteiger partial charge in [0.05, 0.1) is 5.56 Å². The van der Waals surface area contributed by atoms with E-state index in [1.54, 1.807) is 30.3 Å². The first kappa shape index (κ1) is 20.6. The van der Waals surface area contributed by atoms with Crippen LogP contribution in [0.25, 0.3) is 0 Å². The summed E-state index contributed by atoms with van der Waals surface area (Å²) in [4.78, 5) is 31.6. The van der Waals surface area contributed by atoms with Crippen LogP contribution in [0.15, 0.2) is 46.9 Å². The molecular weight excluding hydrogens is 418 g/mol. The molecule has 0 saturated carbocycles. The Labute approximate surface area is 167 Å². The molecule has 1 saturated heterocycles. The lowest BCUT2D eigenvalue weighted by Crippen LogP contribution is -2.33. The first-order chi connectivity index (χ1) is 12.0. The number of carbonyl (C=O) groups excluding carboxylic acids is 2. The third-order valence-corrected chi connectivity index (χ3v) is 5.14. The molecule has 0 atom stereocenters. The van der Waals surface area contributed by atoms with E-state index in [2.05, 4.69) is 38.2 Å². The molecule has 2 aromatic rings. The van der Waals surface area contributed by atoms with Gasteiger partial charge in [0.2, 0.25) is 0 Å². The summed E-state index contributed by atoms with van der Waals surface area (Å²) in [7, 11) is 2.07. The van der Waals surface area contributed by atoms with Crippen molar-refractivity contribution in [2.75, 3.05) is 25.5 Å². The Bertz CT molecular complexity index is 792. The number of carbonyl (C=O) groups is 2.